The van der Waals surface area contributed by atoms with Crippen LogP contribution in [0.4, 0.5) is 5.69 Å². The quantitative estimate of drug-likeness (QED) is 0.366. The highest BCUT2D eigenvalue weighted by Crippen LogP contribution is 2.31. The number of halogens is 1. The van der Waals surface area contributed by atoms with E-state index in [0.717, 1.165) is 54.3 Å². The summed E-state index contributed by atoms with van der Waals surface area (Å²) >= 11 is 6.50. The zero-order chi connectivity index (χ0) is 23.5. The largest absolute Gasteiger partial charge is 0.486 e. The van der Waals surface area contributed by atoms with E-state index in [2.05, 4.69) is 20.1 Å². The number of carbonyl (C=O) groups excluding carboxylic acids is 1. The van der Waals surface area contributed by atoms with E-state index < -0.39 is 0 Å². The van der Waals surface area contributed by atoms with Crippen molar-refractivity contribution in [3.63, 3.8) is 0 Å². The van der Waals surface area contributed by atoms with Crippen molar-refractivity contribution < 1.29 is 13.9 Å². The summed E-state index contributed by atoms with van der Waals surface area (Å²) in [4.78, 5) is 12.8. The van der Waals surface area contributed by atoms with Gasteiger partial charge >= 0.3 is 0 Å². The first-order chi connectivity index (χ1) is 16.6. The van der Waals surface area contributed by atoms with Gasteiger partial charge in [0, 0.05) is 24.2 Å². The van der Waals surface area contributed by atoms with Crippen LogP contribution in [0.5, 0.6) is 5.75 Å². The first-order valence-corrected chi connectivity index (χ1v) is 11.8. The van der Waals surface area contributed by atoms with Gasteiger partial charge in [-0.15, -0.1) is 10.2 Å². The molecule has 2 aromatic heterocycles. The summed E-state index contributed by atoms with van der Waals surface area (Å²) in [7, 11) is 0. The molecule has 7 nitrogen and oxygen atoms in total. The lowest BCUT2D eigenvalue weighted by Gasteiger charge is -2.11. The number of rotatable bonds is 6. The van der Waals surface area contributed by atoms with Gasteiger partial charge in [-0.3, -0.25) is 4.79 Å². The molecule has 1 aliphatic heterocycles. The van der Waals surface area contributed by atoms with Gasteiger partial charge in [-0.25, -0.2) is 0 Å². The van der Waals surface area contributed by atoms with Crippen LogP contribution in [-0.4, -0.2) is 20.7 Å². The minimum Gasteiger partial charge on any atom is -0.486 e. The van der Waals surface area contributed by atoms with Gasteiger partial charge in [0.1, 0.15) is 23.9 Å². The molecule has 8 heteroatoms. The standard InChI is InChI=1S/C26H25ClN4O3/c1-17-6-9-19(10-7-17)33-16-20-11-13-23(34-20)26(32)28-18-8-12-22(27)21(15-18)25-30-29-24-5-3-2-4-14-31(24)25/h6-13,15H,2-5,14,16H2,1H3,(H,28,32). The normalized spacial score (nSPS) is 13.2. The molecule has 0 atom stereocenters. The number of nitrogens with zero attached hydrogens (tertiary/aromatic N) is 3. The number of benzene rings is 2. The Hall–Kier alpha value is -3.58. The molecule has 34 heavy (non-hydrogen) atoms. The third-order valence-corrected chi connectivity index (χ3v) is 6.19. The van der Waals surface area contributed by atoms with E-state index in [1.165, 1.54) is 6.42 Å². The van der Waals surface area contributed by atoms with E-state index in [0.29, 0.717) is 16.5 Å². The van der Waals surface area contributed by atoms with Crippen molar-refractivity contribution in [2.75, 3.05) is 5.32 Å². The highest BCUT2D eigenvalue weighted by Gasteiger charge is 2.19. The molecule has 0 bridgehead atoms. The Kier molecular flexibility index (Phi) is 6.36. The van der Waals surface area contributed by atoms with Crippen molar-refractivity contribution in [2.24, 2.45) is 0 Å². The van der Waals surface area contributed by atoms with E-state index in [1.54, 1.807) is 24.3 Å². The second-order valence-corrected chi connectivity index (χ2v) is 8.83. The lowest BCUT2D eigenvalue weighted by Crippen LogP contribution is -2.11. The summed E-state index contributed by atoms with van der Waals surface area (Å²) in [5, 5.41) is 12.2. The van der Waals surface area contributed by atoms with Crippen molar-refractivity contribution >= 4 is 23.2 Å². The lowest BCUT2D eigenvalue weighted by atomic mass is 10.1. The SMILES string of the molecule is Cc1ccc(OCc2ccc(C(=O)Nc3ccc(Cl)c(-c4nnc5n4CCCCC5)c3)o2)cc1. The first-order valence-electron chi connectivity index (χ1n) is 11.4. The number of anilines is 1. The summed E-state index contributed by atoms with van der Waals surface area (Å²) in [6, 6.07) is 16.5. The van der Waals surface area contributed by atoms with Crippen LogP contribution in [0.15, 0.2) is 59.0 Å². The number of carbonyl (C=O) groups is 1. The zero-order valence-electron chi connectivity index (χ0n) is 18.9. The highest BCUT2D eigenvalue weighted by atomic mass is 35.5. The van der Waals surface area contributed by atoms with E-state index in [9.17, 15) is 4.79 Å². The van der Waals surface area contributed by atoms with E-state index in [1.807, 2.05) is 37.3 Å². The summed E-state index contributed by atoms with van der Waals surface area (Å²) in [6.07, 6.45) is 4.28. The second kappa shape index (κ2) is 9.73. The Morgan fingerprint density at radius 3 is 2.79 bits per heavy atom. The average molecular weight is 477 g/mol. The third-order valence-electron chi connectivity index (χ3n) is 5.86. The van der Waals surface area contributed by atoms with Crippen LogP contribution >= 0.6 is 11.6 Å². The van der Waals surface area contributed by atoms with Gasteiger partial charge in [0.25, 0.3) is 5.91 Å². The molecule has 0 radical (unpaired) electrons. The molecule has 1 amide bonds. The topological polar surface area (TPSA) is 82.2 Å². The summed E-state index contributed by atoms with van der Waals surface area (Å²) < 4.78 is 13.5. The molecule has 0 saturated carbocycles. The fourth-order valence-corrected chi connectivity index (χ4v) is 4.22. The summed E-state index contributed by atoms with van der Waals surface area (Å²) in [5.41, 5.74) is 2.50. The monoisotopic (exact) mass is 476 g/mol. The van der Waals surface area contributed by atoms with Crippen LogP contribution < -0.4 is 10.1 Å². The van der Waals surface area contributed by atoms with Crippen molar-refractivity contribution in [3.8, 4) is 17.1 Å². The third kappa shape index (κ3) is 4.84. The Balaban J connectivity index is 1.28. The van der Waals surface area contributed by atoms with Gasteiger partial charge in [-0.1, -0.05) is 35.7 Å². The number of furan rings is 1. The molecule has 4 aromatic rings. The van der Waals surface area contributed by atoms with Crippen LogP contribution in [0.3, 0.4) is 0 Å². The van der Waals surface area contributed by atoms with Crippen LogP contribution in [-0.2, 0) is 19.6 Å². The van der Waals surface area contributed by atoms with E-state index >= 15 is 0 Å². The van der Waals surface area contributed by atoms with Crippen molar-refractivity contribution in [1.29, 1.82) is 0 Å². The molecule has 1 aliphatic rings. The molecule has 0 aliphatic carbocycles. The Morgan fingerprint density at radius 2 is 1.94 bits per heavy atom. The predicted molar refractivity (Wildman–Crippen MR) is 130 cm³/mol. The molecule has 174 valence electrons. The molecule has 0 unspecified atom stereocenters. The lowest BCUT2D eigenvalue weighted by molar-refractivity contribution is 0.0992. The average Bonchev–Trinajstić information content (AvgIpc) is 3.41. The molecule has 0 fully saturated rings. The maximum absolute atomic E-state index is 12.8. The number of ether oxygens (including phenoxy) is 1. The maximum atomic E-state index is 12.8. The van der Waals surface area contributed by atoms with Crippen molar-refractivity contribution in [2.45, 2.75) is 45.8 Å². The fourth-order valence-electron chi connectivity index (χ4n) is 4.02. The van der Waals surface area contributed by atoms with Crippen LogP contribution in [0.1, 0.15) is 47.0 Å². The van der Waals surface area contributed by atoms with E-state index in [-0.39, 0.29) is 18.3 Å². The number of aromatic nitrogens is 3. The van der Waals surface area contributed by atoms with Gasteiger partial charge in [0.15, 0.2) is 11.6 Å². The number of nitrogens with one attached hydrogen (secondary N) is 1. The molecule has 2 aromatic carbocycles. The number of amides is 1. The van der Waals surface area contributed by atoms with Crippen LogP contribution in [0.2, 0.25) is 5.02 Å². The van der Waals surface area contributed by atoms with Crippen LogP contribution in [0, 0.1) is 6.92 Å². The Morgan fingerprint density at radius 1 is 1.09 bits per heavy atom. The number of hydrogen-bond donors (Lipinski definition) is 1. The van der Waals surface area contributed by atoms with Gasteiger partial charge in [0.05, 0.1) is 5.02 Å². The smallest absolute Gasteiger partial charge is 0.291 e. The van der Waals surface area contributed by atoms with Gasteiger partial charge in [-0.05, 0) is 62.2 Å². The number of fused-ring (bicyclic) bond motifs is 1. The number of aryl methyl sites for hydroxylation is 2. The predicted octanol–water partition coefficient (Wildman–Crippen LogP) is 6.06. The Bertz CT molecular complexity index is 1310. The highest BCUT2D eigenvalue weighted by molar-refractivity contribution is 6.33. The molecule has 5 rings (SSSR count). The summed E-state index contributed by atoms with van der Waals surface area (Å²) in [6.45, 7) is 3.12. The molecule has 0 saturated heterocycles. The molecule has 1 N–H and O–H groups in total. The minimum atomic E-state index is -0.352. The van der Waals surface area contributed by atoms with Crippen molar-refractivity contribution in [3.05, 3.63) is 82.5 Å². The number of hydrogen-bond acceptors (Lipinski definition) is 5. The van der Waals surface area contributed by atoms with Crippen LogP contribution in [0.25, 0.3) is 11.4 Å². The van der Waals surface area contributed by atoms with Gasteiger partial charge in [0.2, 0.25) is 0 Å². The summed E-state index contributed by atoms with van der Waals surface area (Å²) in [5.74, 6) is 2.87. The van der Waals surface area contributed by atoms with Gasteiger partial charge < -0.3 is 19.0 Å². The van der Waals surface area contributed by atoms with Gasteiger partial charge in [-0.2, -0.15) is 0 Å². The first kappa shape index (κ1) is 22.2. The maximum Gasteiger partial charge on any atom is 0.291 e. The molecule has 3 heterocycles. The minimum absolute atomic E-state index is 0.204. The molecular weight excluding hydrogens is 452 g/mol. The van der Waals surface area contributed by atoms with Crippen molar-refractivity contribution in [1.82, 2.24) is 14.8 Å². The fraction of sp³-hybridized carbons (Fsp3) is 0.269. The zero-order valence-corrected chi connectivity index (χ0v) is 19.6. The van der Waals surface area contributed by atoms with E-state index in [4.69, 9.17) is 20.8 Å². The second-order valence-electron chi connectivity index (χ2n) is 8.42. The molecular formula is C26H25ClN4O3. The molecule has 0 spiro atoms. The Labute approximate surface area is 202 Å².